The summed E-state index contributed by atoms with van der Waals surface area (Å²) in [6.45, 7) is 0. The first kappa shape index (κ1) is 32.2. The molecule has 12 aromatic carbocycles. The van der Waals surface area contributed by atoms with E-state index in [4.69, 9.17) is 0 Å². The van der Waals surface area contributed by atoms with Crippen LogP contribution in [0.25, 0.3) is 86.9 Å². The van der Waals surface area contributed by atoms with Crippen molar-refractivity contribution < 1.29 is 0 Å². The summed E-state index contributed by atoms with van der Waals surface area (Å²) in [7, 11) is -2.92. The van der Waals surface area contributed by atoms with Crippen molar-refractivity contribution in [2.75, 3.05) is 0 Å². The second kappa shape index (κ2) is 12.5. The Morgan fingerprint density at radius 2 is 0.632 bits per heavy atom. The molecule has 0 aliphatic carbocycles. The van der Waals surface area contributed by atoms with Gasteiger partial charge in [0.25, 0.3) is 0 Å². The molecular weight excluding hydrogens is 701 g/mol. The molecule has 0 nitrogen and oxygen atoms in total. The lowest BCUT2D eigenvalue weighted by Crippen LogP contribution is -2.75. The minimum atomic E-state index is -2.92. The molecular formula is C56H36Si. The first-order valence-electron chi connectivity index (χ1n) is 19.9. The predicted octanol–water partition coefficient (Wildman–Crippen LogP) is 12.2. The minimum absolute atomic E-state index is 1.23. The van der Waals surface area contributed by atoms with Crippen LogP contribution in [0.2, 0.25) is 0 Å². The standard InChI is InChI=1S/C56H36Si/c1-4-16-44(17-5-1)57(45-18-6-2-7-19-45,46-20-8-3-9-21-46)52-35-30-43(47-31-26-41-24-22-37-12-10-14-39-28-33-49(47)55(41)53(37)39)36-51(52)48-32-27-42-25-23-38-13-11-15-40-29-34-50(48)56(42)54(38)40/h1-36H. The zero-order chi connectivity index (χ0) is 37.5. The van der Waals surface area contributed by atoms with E-state index in [0.717, 1.165) is 0 Å². The Labute approximate surface area is 332 Å². The average Bonchev–Trinajstić information content (AvgIpc) is 3.29. The highest BCUT2D eigenvalue weighted by Crippen LogP contribution is 2.43. The summed E-state index contributed by atoms with van der Waals surface area (Å²) >= 11 is 0. The number of hydrogen-bond acceptors (Lipinski definition) is 0. The van der Waals surface area contributed by atoms with E-state index in [0.29, 0.717) is 0 Å². The summed E-state index contributed by atoms with van der Waals surface area (Å²) in [6.07, 6.45) is 0. The summed E-state index contributed by atoms with van der Waals surface area (Å²) < 4.78 is 0. The van der Waals surface area contributed by atoms with E-state index in [1.165, 1.54) is 108 Å². The molecule has 264 valence electrons. The van der Waals surface area contributed by atoms with Gasteiger partial charge in [-0.25, -0.2) is 0 Å². The lowest BCUT2D eigenvalue weighted by molar-refractivity contribution is 1.63. The molecule has 57 heavy (non-hydrogen) atoms. The maximum Gasteiger partial charge on any atom is 0.180 e. The van der Waals surface area contributed by atoms with Gasteiger partial charge in [0.15, 0.2) is 8.07 Å². The van der Waals surface area contributed by atoms with Gasteiger partial charge in [-0.1, -0.05) is 212 Å². The van der Waals surface area contributed by atoms with Crippen molar-refractivity contribution >= 4 is 93.5 Å². The normalized spacial score (nSPS) is 12.2. The highest BCUT2D eigenvalue weighted by molar-refractivity contribution is 7.20. The van der Waals surface area contributed by atoms with Gasteiger partial charge < -0.3 is 0 Å². The third-order valence-electron chi connectivity index (χ3n) is 12.7. The van der Waals surface area contributed by atoms with E-state index in [2.05, 4.69) is 218 Å². The molecule has 0 bridgehead atoms. The van der Waals surface area contributed by atoms with Crippen molar-refractivity contribution in [2.24, 2.45) is 0 Å². The van der Waals surface area contributed by atoms with Gasteiger partial charge in [-0.2, -0.15) is 0 Å². The molecule has 1 heteroatoms. The summed E-state index contributed by atoms with van der Waals surface area (Å²) in [5.74, 6) is 0. The van der Waals surface area contributed by atoms with E-state index in [1.807, 2.05) is 0 Å². The Kier molecular flexibility index (Phi) is 7.05. The third-order valence-corrected chi connectivity index (χ3v) is 17.5. The Morgan fingerprint density at radius 3 is 1.11 bits per heavy atom. The Hall–Kier alpha value is -7.06. The van der Waals surface area contributed by atoms with Gasteiger partial charge in [0.05, 0.1) is 0 Å². The van der Waals surface area contributed by atoms with E-state index >= 15 is 0 Å². The van der Waals surface area contributed by atoms with Crippen LogP contribution in [0.3, 0.4) is 0 Å². The first-order valence-corrected chi connectivity index (χ1v) is 21.9. The third kappa shape index (κ3) is 4.67. The van der Waals surface area contributed by atoms with Gasteiger partial charge in [0, 0.05) is 0 Å². The second-order valence-electron chi connectivity index (χ2n) is 15.5. The van der Waals surface area contributed by atoms with Crippen LogP contribution in [0.4, 0.5) is 0 Å². The van der Waals surface area contributed by atoms with Crippen LogP contribution < -0.4 is 20.7 Å². The van der Waals surface area contributed by atoms with Gasteiger partial charge in [-0.05, 0) is 114 Å². The molecule has 0 radical (unpaired) electrons. The second-order valence-corrected chi connectivity index (χ2v) is 19.3. The van der Waals surface area contributed by atoms with Crippen molar-refractivity contribution in [2.45, 2.75) is 0 Å². The molecule has 0 N–H and O–H groups in total. The monoisotopic (exact) mass is 736 g/mol. The number of rotatable bonds is 6. The van der Waals surface area contributed by atoms with E-state index in [1.54, 1.807) is 0 Å². The Balaban J connectivity index is 1.24. The fourth-order valence-corrected chi connectivity index (χ4v) is 15.2. The van der Waals surface area contributed by atoms with Crippen LogP contribution in [0.5, 0.6) is 0 Å². The van der Waals surface area contributed by atoms with Crippen molar-refractivity contribution in [3.63, 3.8) is 0 Å². The average molecular weight is 737 g/mol. The summed E-state index contributed by atoms with van der Waals surface area (Å²) in [5.41, 5.74) is 5.06. The number of benzene rings is 12. The molecule has 0 heterocycles. The molecule has 0 saturated heterocycles. The van der Waals surface area contributed by atoms with Crippen molar-refractivity contribution in [3.05, 3.63) is 218 Å². The summed E-state index contributed by atoms with van der Waals surface area (Å²) in [6, 6.07) is 82.7. The molecule has 12 rings (SSSR count). The minimum Gasteiger partial charge on any atom is -0.0623 e. The van der Waals surface area contributed by atoms with Crippen molar-refractivity contribution in [1.29, 1.82) is 0 Å². The number of hydrogen-bond donors (Lipinski definition) is 0. The highest BCUT2D eigenvalue weighted by atomic mass is 28.3. The molecule has 0 atom stereocenters. The van der Waals surface area contributed by atoms with Gasteiger partial charge in [-0.3, -0.25) is 0 Å². The van der Waals surface area contributed by atoms with Gasteiger partial charge >= 0.3 is 0 Å². The van der Waals surface area contributed by atoms with Crippen LogP contribution in [-0.4, -0.2) is 8.07 Å². The largest absolute Gasteiger partial charge is 0.180 e. The smallest absolute Gasteiger partial charge is 0.0623 e. The molecule has 0 unspecified atom stereocenters. The maximum atomic E-state index is 2.53. The van der Waals surface area contributed by atoms with E-state index < -0.39 is 8.07 Å². The van der Waals surface area contributed by atoms with Crippen LogP contribution in [0, 0.1) is 0 Å². The van der Waals surface area contributed by atoms with Gasteiger partial charge in [0.1, 0.15) is 0 Å². The molecule has 0 aliphatic rings. The lowest BCUT2D eigenvalue weighted by Gasteiger charge is -2.36. The Morgan fingerprint density at radius 1 is 0.246 bits per heavy atom. The van der Waals surface area contributed by atoms with Gasteiger partial charge in [-0.15, -0.1) is 0 Å². The zero-order valence-corrected chi connectivity index (χ0v) is 32.3. The topological polar surface area (TPSA) is 0 Å². The zero-order valence-electron chi connectivity index (χ0n) is 31.3. The van der Waals surface area contributed by atoms with Crippen LogP contribution in [0.15, 0.2) is 218 Å². The van der Waals surface area contributed by atoms with Crippen molar-refractivity contribution in [1.82, 2.24) is 0 Å². The van der Waals surface area contributed by atoms with Crippen LogP contribution in [0.1, 0.15) is 0 Å². The van der Waals surface area contributed by atoms with E-state index in [-0.39, 0.29) is 0 Å². The fourth-order valence-electron chi connectivity index (χ4n) is 10.2. The Bertz CT molecular complexity index is 3310. The maximum absolute atomic E-state index is 2.92. The lowest BCUT2D eigenvalue weighted by atomic mass is 9.87. The van der Waals surface area contributed by atoms with Crippen LogP contribution >= 0.6 is 0 Å². The SMILES string of the molecule is c1ccc([Si](c2ccccc2)(c2ccccc2)c2ccc(-c3ccc4ccc5cccc6ccc3c4c56)cc2-c2ccc3ccc4cccc5ccc2c3c45)cc1. The molecule has 0 aliphatic heterocycles. The molecule has 0 spiro atoms. The highest BCUT2D eigenvalue weighted by Gasteiger charge is 2.43. The summed E-state index contributed by atoms with van der Waals surface area (Å²) in [4.78, 5) is 0. The fraction of sp³-hybridized carbons (Fsp3) is 0. The van der Waals surface area contributed by atoms with Crippen LogP contribution in [-0.2, 0) is 0 Å². The van der Waals surface area contributed by atoms with E-state index in [9.17, 15) is 0 Å². The van der Waals surface area contributed by atoms with Crippen molar-refractivity contribution in [3.8, 4) is 22.3 Å². The molecule has 12 aromatic rings. The predicted molar refractivity (Wildman–Crippen MR) is 248 cm³/mol. The quantitative estimate of drug-likeness (QED) is 0.0906. The van der Waals surface area contributed by atoms with Gasteiger partial charge in [0.2, 0.25) is 0 Å². The molecule has 0 amide bonds. The molecule has 0 fully saturated rings. The first-order chi connectivity index (χ1) is 28.3. The molecule has 0 aromatic heterocycles. The molecule has 0 saturated carbocycles. The summed E-state index contributed by atoms with van der Waals surface area (Å²) in [5, 5.41) is 21.2.